The summed E-state index contributed by atoms with van der Waals surface area (Å²) in [7, 11) is 1.67. The van der Waals surface area contributed by atoms with E-state index in [1.807, 2.05) is 4.90 Å². The molecule has 2 saturated heterocycles. The van der Waals surface area contributed by atoms with Gasteiger partial charge in [-0.2, -0.15) is 10.2 Å². The average Bonchev–Trinajstić information content (AvgIpc) is 2.86. The molecule has 3 atom stereocenters. The standard InChI is InChI=1S/C13H17N3O3/c1-18-11-8-16(10-3-2-6-19-12(10)11)13(17)9-4-5-14-15-7-9/h4-5,7,10-12H,2-3,6,8H2,1H3/t10-,11-,12+/m1/s1. The van der Waals surface area contributed by atoms with Crippen LogP contribution in [0, 0.1) is 0 Å². The predicted molar refractivity (Wildman–Crippen MR) is 66.6 cm³/mol. The number of nitrogens with zero attached hydrogens (tertiary/aromatic N) is 3. The molecule has 3 heterocycles. The van der Waals surface area contributed by atoms with Gasteiger partial charge in [-0.25, -0.2) is 0 Å². The molecule has 102 valence electrons. The number of likely N-dealkylation sites (tertiary alicyclic amines) is 1. The van der Waals surface area contributed by atoms with Gasteiger partial charge in [-0.3, -0.25) is 4.79 Å². The van der Waals surface area contributed by atoms with Gasteiger partial charge in [0.2, 0.25) is 0 Å². The van der Waals surface area contributed by atoms with Gasteiger partial charge in [-0.05, 0) is 18.9 Å². The van der Waals surface area contributed by atoms with Crippen LogP contribution in [-0.4, -0.2) is 59.5 Å². The molecule has 1 amide bonds. The van der Waals surface area contributed by atoms with Crippen molar-refractivity contribution in [3.05, 3.63) is 24.0 Å². The first kappa shape index (κ1) is 12.5. The molecule has 2 aliphatic rings. The minimum absolute atomic E-state index is 0.00232. The lowest BCUT2D eigenvalue weighted by molar-refractivity contribution is -0.0639. The molecular formula is C13H17N3O3. The lowest BCUT2D eigenvalue weighted by atomic mass is 10.0. The first-order chi connectivity index (χ1) is 9.31. The van der Waals surface area contributed by atoms with E-state index in [-0.39, 0.29) is 24.2 Å². The van der Waals surface area contributed by atoms with Crippen LogP contribution < -0.4 is 0 Å². The molecule has 0 spiro atoms. The molecule has 0 aromatic carbocycles. The normalized spacial score (nSPS) is 30.2. The minimum atomic E-state index is -0.0379. The summed E-state index contributed by atoms with van der Waals surface area (Å²) in [5.41, 5.74) is 0.566. The van der Waals surface area contributed by atoms with Gasteiger partial charge in [0.15, 0.2) is 0 Å². The molecule has 0 aliphatic carbocycles. The Bertz CT molecular complexity index is 454. The molecule has 6 heteroatoms. The highest BCUT2D eigenvalue weighted by atomic mass is 16.5. The van der Waals surface area contributed by atoms with Crippen molar-refractivity contribution in [2.24, 2.45) is 0 Å². The van der Waals surface area contributed by atoms with Crippen molar-refractivity contribution < 1.29 is 14.3 Å². The molecule has 2 fully saturated rings. The van der Waals surface area contributed by atoms with Crippen molar-refractivity contribution in [1.29, 1.82) is 0 Å². The summed E-state index contributed by atoms with van der Waals surface area (Å²) in [5.74, 6) is -0.0186. The van der Waals surface area contributed by atoms with E-state index in [0.29, 0.717) is 12.1 Å². The molecular weight excluding hydrogens is 246 g/mol. The fourth-order valence-electron chi connectivity index (χ4n) is 2.93. The van der Waals surface area contributed by atoms with Crippen LogP contribution in [0.25, 0.3) is 0 Å². The summed E-state index contributed by atoms with van der Waals surface area (Å²) < 4.78 is 11.2. The SMILES string of the molecule is CO[C@@H]1CN(C(=O)c2ccnnc2)[C@@H]2CCCO[C@@H]21. The molecule has 0 unspecified atom stereocenters. The van der Waals surface area contributed by atoms with E-state index in [4.69, 9.17) is 9.47 Å². The number of amides is 1. The Kier molecular flexibility index (Phi) is 3.44. The maximum atomic E-state index is 12.5. The van der Waals surface area contributed by atoms with E-state index < -0.39 is 0 Å². The third-order valence-corrected chi connectivity index (χ3v) is 3.87. The van der Waals surface area contributed by atoms with Crippen LogP contribution in [0.5, 0.6) is 0 Å². The Morgan fingerprint density at radius 2 is 2.42 bits per heavy atom. The largest absolute Gasteiger partial charge is 0.377 e. The second kappa shape index (κ2) is 5.22. The second-order valence-corrected chi connectivity index (χ2v) is 4.91. The fraction of sp³-hybridized carbons (Fsp3) is 0.615. The Labute approximate surface area is 111 Å². The molecule has 0 saturated carbocycles. The molecule has 1 aromatic heterocycles. The monoisotopic (exact) mass is 263 g/mol. The van der Waals surface area contributed by atoms with Crippen LogP contribution in [0.4, 0.5) is 0 Å². The van der Waals surface area contributed by atoms with Gasteiger partial charge >= 0.3 is 0 Å². The van der Waals surface area contributed by atoms with Crippen LogP contribution in [0.2, 0.25) is 0 Å². The minimum Gasteiger partial charge on any atom is -0.377 e. The van der Waals surface area contributed by atoms with E-state index in [2.05, 4.69) is 10.2 Å². The summed E-state index contributed by atoms with van der Waals surface area (Å²) in [6.07, 6.45) is 4.94. The molecule has 1 aromatic rings. The van der Waals surface area contributed by atoms with E-state index in [9.17, 15) is 4.79 Å². The Morgan fingerprint density at radius 1 is 1.53 bits per heavy atom. The molecule has 6 nitrogen and oxygen atoms in total. The van der Waals surface area contributed by atoms with Crippen molar-refractivity contribution in [3.8, 4) is 0 Å². The van der Waals surface area contributed by atoms with Gasteiger partial charge in [0.1, 0.15) is 12.2 Å². The summed E-state index contributed by atoms with van der Waals surface area (Å²) in [5, 5.41) is 7.46. The number of carbonyl (C=O) groups is 1. The highest BCUT2D eigenvalue weighted by Gasteiger charge is 2.46. The summed E-state index contributed by atoms with van der Waals surface area (Å²) in [6, 6.07) is 1.80. The van der Waals surface area contributed by atoms with E-state index in [0.717, 1.165) is 19.4 Å². The molecule has 2 aliphatic heterocycles. The van der Waals surface area contributed by atoms with Gasteiger partial charge in [-0.15, -0.1) is 0 Å². The molecule has 0 bridgehead atoms. The van der Waals surface area contributed by atoms with Gasteiger partial charge in [0.25, 0.3) is 5.91 Å². The van der Waals surface area contributed by atoms with E-state index in [1.165, 1.54) is 12.4 Å². The van der Waals surface area contributed by atoms with Gasteiger partial charge in [0.05, 0.1) is 30.5 Å². The highest BCUT2D eigenvalue weighted by Crippen LogP contribution is 2.31. The lowest BCUT2D eigenvalue weighted by Crippen LogP contribution is -2.43. The van der Waals surface area contributed by atoms with Crippen molar-refractivity contribution >= 4 is 5.91 Å². The Balaban J connectivity index is 1.82. The number of aromatic nitrogens is 2. The Morgan fingerprint density at radius 3 is 3.16 bits per heavy atom. The number of hydrogen-bond donors (Lipinski definition) is 0. The number of methoxy groups -OCH3 is 1. The maximum absolute atomic E-state index is 12.5. The second-order valence-electron chi connectivity index (χ2n) is 4.91. The van der Waals surface area contributed by atoms with Crippen LogP contribution in [0.1, 0.15) is 23.2 Å². The number of ether oxygens (including phenoxy) is 2. The molecule has 19 heavy (non-hydrogen) atoms. The third kappa shape index (κ3) is 2.21. The number of fused-ring (bicyclic) bond motifs is 1. The van der Waals surface area contributed by atoms with Crippen LogP contribution >= 0.6 is 0 Å². The zero-order chi connectivity index (χ0) is 13.2. The summed E-state index contributed by atoms with van der Waals surface area (Å²) in [6.45, 7) is 1.33. The van der Waals surface area contributed by atoms with Crippen LogP contribution in [-0.2, 0) is 9.47 Å². The summed E-state index contributed by atoms with van der Waals surface area (Å²) in [4.78, 5) is 14.4. The number of hydrogen-bond acceptors (Lipinski definition) is 5. The van der Waals surface area contributed by atoms with E-state index >= 15 is 0 Å². The average molecular weight is 263 g/mol. The van der Waals surface area contributed by atoms with Gasteiger partial charge in [-0.1, -0.05) is 0 Å². The molecule has 0 N–H and O–H groups in total. The highest BCUT2D eigenvalue weighted by molar-refractivity contribution is 5.94. The van der Waals surface area contributed by atoms with Crippen molar-refractivity contribution in [2.45, 2.75) is 31.1 Å². The van der Waals surface area contributed by atoms with Gasteiger partial charge in [0, 0.05) is 13.7 Å². The van der Waals surface area contributed by atoms with E-state index in [1.54, 1.807) is 13.2 Å². The molecule has 0 radical (unpaired) electrons. The van der Waals surface area contributed by atoms with Crippen LogP contribution in [0.15, 0.2) is 18.5 Å². The zero-order valence-corrected chi connectivity index (χ0v) is 10.9. The summed E-state index contributed by atoms with van der Waals surface area (Å²) >= 11 is 0. The van der Waals surface area contributed by atoms with Crippen molar-refractivity contribution in [2.75, 3.05) is 20.3 Å². The first-order valence-corrected chi connectivity index (χ1v) is 6.53. The number of carbonyl (C=O) groups excluding carboxylic acids is 1. The third-order valence-electron chi connectivity index (χ3n) is 3.87. The zero-order valence-electron chi connectivity index (χ0n) is 10.9. The topological polar surface area (TPSA) is 64.5 Å². The molecule has 3 rings (SSSR count). The smallest absolute Gasteiger partial charge is 0.255 e. The van der Waals surface area contributed by atoms with Crippen molar-refractivity contribution in [3.63, 3.8) is 0 Å². The van der Waals surface area contributed by atoms with Crippen LogP contribution in [0.3, 0.4) is 0 Å². The Hall–Kier alpha value is -1.53. The quantitative estimate of drug-likeness (QED) is 0.777. The fourth-order valence-corrected chi connectivity index (χ4v) is 2.93. The van der Waals surface area contributed by atoms with Crippen molar-refractivity contribution in [1.82, 2.24) is 15.1 Å². The van der Waals surface area contributed by atoms with Gasteiger partial charge < -0.3 is 14.4 Å². The maximum Gasteiger partial charge on any atom is 0.255 e. The predicted octanol–water partition coefficient (Wildman–Crippen LogP) is 0.495. The lowest BCUT2D eigenvalue weighted by Gasteiger charge is -2.31. The first-order valence-electron chi connectivity index (χ1n) is 6.53. The number of rotatable bonds is 2.